The summed E-state index contributed by atoms with van der Waals surface area (Å²) in [4.78, 5) is 8.87. The number of rotatable bonds is 6. The molecule has 0 saturated heterocycles. The predicted octanol–water partition coefficient (Wildman–Crippen LogP) is 5.76. The van der Waals surface area contributed by atoms with Gasteiger partial charge in [-0.2, -0.15) is 0 Å². The van der Waals surface area contributed by atoms with E-state index in [2.05, 4.69) is 31.2 Å². The quantitative estimate of drug-likeness (QED) is 0.365. The molecule has 0 radical (unpaired) electrons. The zero-order valence-corrected chi connectivity index (χ0v) is 19.1. The highest BCUT2D eigenvalue weighted by molar-refractivity contribution is 9.10. The van der Waals surface area contributed by atoms with Gasteiger partial charge in [-0.25, -0.2) is 9.97 Å². The van der Waals surface area contributed by atoms with Gasteiger partial charge in [-0.05, 0) is 54.4 Å². The zero-order valence-electron chi connectivity index (χ0n) is 17.5. The fourth-order valence-electron chi connectivity index (χ4n) is 3.52. The van der Waals surface area contributed by atoms with E-state index >= 15 is 0 Å². The maximum Gasteiger partial charge on any atom is 0.231 e. The summed E-state index contributed by atoms with van der Waals surface area (Å²) >= 11 is 3.50. The van der Waals surface area contributed by atoms with Crippen molar-refractivity contribution in [3.8, 4) is 23.0 Å². The molecular formula is C24H20BrN3O4. The van der Waals surface area contributed by atoms with Crippen LogP contribution in [0.25, 0.3) is 10.9 Å². The molecular weight excluding hydrogens is 474 g/mol. The number of hydrogen-bond donors (Lipinski definition) is 1. The van der Waals surface area contributed by atoms with Crippen molar-refractivity contribution >= 4 is 38.3 Å². The molecule has 4 aromatic rings. The lowest BCUT2D eigenvalue weighted by atomic mass is 10.1. The van der Waals surface area contributed by atoms with Crippen LogP contribution in [0.3, 0.4) is 0 Å². The SMILES string of the molecule is COc1cc2c(Nc3ccc(Br)cc3C)ncnc2cc1OCc1ccc2c(c1)OCO2. The molecule has 0 atom stereocenters. The van der Waals surface area contributed by atoms with Gasteiger partial charge in [0.25, 0.3) is 0 Å². The lowest BCUT2D eigenvalue weighted by Crippen LogP contribution is -2.01. The number of nitrogens with zero attached hydrogens (tertiary/aromatic N) is 2. The van der Waals surface area contributed by atoms with Gasteiger partial charge < -0.3 is 24.3 Å². The fraction of sp³-hybridized carbons (Fsp3) is 0.167. The van der Waals surface area contributed by atoms with Crippen LogP contribution in [0, 0.1) is 6.92 Å². The van der Waals surface area contributed by atoms with Crippen molar-refractivity contribution in [3.63, 3.8) is 0 Å². The molecule has 32 heavy (non-hydrogen) atoms. The van der Waals surface area contributed by atoms with Crippen molar-refractivity contribution < 1.29 is 18.9 Å². The Bertz CT molecular complexity index is 1310. The summed E-state index contributed by atoms with van der Waals surface area (Å²) in [6, 6.07) is 15.5. The van der Waals surface area contributed by atoms with Crippen LogP contribution < -0.4 is 24.3 Å². The van der Waals surface area contributed by atoms with Crippen LogP contribution in [0.4, 0.5) is 11.5 Å². The first kappa shape index (κ1) is 20.4. The van der Waals surface area contributed by atoms with Gasteiger partial charge in [-0.3, -0.25) is 0 Å². The van der Waals surface area contributed by atoms with Gasteiger partial charge in [-0.1, -0.05) is 22.0 Å². The van der Waals surface area contributed by atoms with E-state index < -0.39 is 0 Å². The standard InChI is InChI=1S/C24H20BrN3O4/c1-14-7-16(25)4-5-18(14)28-24-17-9-21(29-2)23(10-19(17)26-12-27-24)30-11-15-3-6-20-22(8-15)32-13-31-20/h3-10,12H,11,13H2,1-2H3,(H,26,27,28). The van der Waals surface area contributed by atoms with Crippen LogP contribution in [0.2, 0.25) is 0 Å². The summed E-state index contributed by atoms with van der Waals surface area (Å²) in [5.74, 6) is 3.37. The Labute approximate surface area is 193 Å². The molecule has 5 rings (SSSR count). The molecule has 7 nitrogen and oxygen atoms in total. The van der Waals surface area contributed by atoms with Gasteiger partial charge in [0.2, 0.25) is 6.79 Å². The molecule has 0 amide bonds. The van der Waals surface area contributed by atoms with Crippen LogP contribution >= 0.6 is 15.9 Å². The van der Waals surface area contributed by atoms with Crippen LogP contribution in [0.1, 0.15) is 11.1 Å². The largest absolute Gasteiger partial charge is 0.493 e. The van der Waals surface area contributed by atoms with Gasteiger partial charge in [0.1, 0.15) is 18.8 Å². The van der Waals surface area contributed by atoms with E-state index in [0.29, 0.717) is 23.9 Å². The third-order valence-corrected chi connectivity index (χ3v) is 5.69. The smallest absolute Gasteiger partial charge is 0.231 e. The molecule has 0 fully saturated rings. The number of anilines is 2. The molecule has 162 valence electrons. The molecule has 1 aliphatic heterocycles. The minimum atomic E-state index is 0.244. The molecule has 8 heteroatoms. The molecule has 0 spiro atoms. The van der Waals surface area contributed by atoms with E-state index in [1.807, 2.05) is 55.5 Å². The summed E-state index contributed by atoms with van der Waals surface area (Å²) in [5.41, 5.74) is 3.78. The highest BCUT2D eigenvalue weighted by Gasteiger charge is 2.15. The van der Waals surface area contributed by atoms with Crippen LogP contribution in [-0.2, 0) is 6.61 Å². The normalized spacial score (nSPS) is 12.1. The Hall–Kier alpha value is -3.52. The first-order chi connectivity index (χ1) is 15.6. The van der Waals surface area contributed by atoms with E-state index in [9.17, 15) is 0 Å². The maximum atomic E-state index is 6.07. The Kier molecular flexibility index (Phi) is 5.45. The summed E-state index contributed by atoms with van der Waals surface area (Å²) in [7, 11) is 1.62. The number of halogens is 1. The van der Waals surface area contributed by atoms with Gasteiger partial charge in [-0.15, -0.1) is 0 Å². The summed E-state index contributed by atoms with van der Waals surface area (Å²) in [6.07, 6.45) is 1.53. The first-order valence-electron chi connectivity index (χ1n) is 9.98. The summed E-state index contributed by atoms with van der Waals surface area (Å²) in [6.45, 7) is 2.64. The van der Waals surface area contributed by atoms with E-state index in [1.165, 1.54) is 6.33 Å². The third-order valence-electron chi connectivity index (χ3n) is 5.19. The van der Waals surface area contributed by atoms with E-state index in [4.69, 9.17) is 18.9 Å². The molecule has 0 aliphatic carbocycles. The van der Waals surface area contributed by atoms with Crippen LogP contribution in [-0.4, -0.2) is 23.9 Å². The number of benzene rings is 3. The summed E-state index contributed by atoms with van der Waals surface area (Å²) in [5, 5.41) is 4.24. The molecule has 0 bridgehead atoms. The average Bonchev–Trinajstić information content (AvgIpc) is 3.27. The van der Waals surface area contributed by atoms with Crippen molar-refractivity contribution in [1.29, 1.82) is 0 Å². The number of aromatic nitrogens is 2. The van der Waals surface area contributed by atoms with Crippen LogP contribution in [0.15, 0.2) is 59.3 Å². The minimum Gasteiger partial charge on any atom is -0.493 e. The number of nitrogens with one attached hydrogen (secondary N) is 1. The fourth-order valence-corrected chi connectivity index (χ4v) is 4.00. The highest BCUT2D eigenvalue weighted by atomic mass is 79.9. The first-order valence-corrected chi connectivity index (χ1v) is 10.8. The molecule has 1 N–H and O–H groups in total. The molecule has 3 aromatic carbocycles. The van der Waals surface area contributed by atoms with Gasteiger partial charge in [0.05, 0.1) is 12.6 Å². The van der Waals surface area contributed by atoms with Gasteiger partial charge in [0, 0.05) is 21.6 Å². The maximum absolute atomic E-state index is 6.07. The number of fused-ring (bicyclic) bond motifs is 2. The van der Waals surface area contributed by atoms with E-state index in [1.54, 1.807) is 7.11 Å². The number of methoxy groups -OCH3 is 1. The van der Waals surface area contributed by atoms with Crippen molar-refractivity contribution in [3.05, 3.63) is 70.5 Å². The number of ether oxygens (including phenoxy) is 4. The van der Waals surface area contributed by atoms with Crippen molar-refractivity contribution in [2.24, 2.45) is 0 Å². The van der Waals surface area contributed by atoms with E-state index in [0.717, 1.165) is 43.7 Å². The second-order valence-corrected chi connectivity index (χ2v) is 8.22. The van der Waals surface area contributed by atoms with Crippen molar-refractivity contribution in [2.45, 2.75) is 13.5 Å². The predicted molar refractivity (Wildman–Crippen MR) is 125 cm³/mol. The molecule has 0 saturated carbocycles. The van der Waals surface area contributed by atoms with Gasteiger partial charge >= 0.3 is 0 Å². The number of hydrogen-bond acceptors (Lipinski definition) is 7. The Morgan fingerprint density at radius 3 is 2.72 bits per heavy atom. The Balaban J connectivity index is 1.43. The minimum absolute atomic E-state index is 0.244. The molecule has 1 aliphatic rings. The Morgan fingerprint density at radius 2 is 1.88 bits per heavy atom. The van der Waals surface area contributed by atoms with Crippen molar-refractivity contribution in [2.75, 3.05) is 19.2 Å². The third kappa shape index (κ3) is 4.01. The molecule has 2 heterocycles. The Morgan fingerprint density at radius 1 is 1.00 bits per heavy atom. The van der Waals surface area contributed by atoms with Crippen molar-refractivity contribution in [1.82, 2.24) is 9.97 Å². The van der Waals surface area contributed by atoms with Gasteiger partial charge in [0.15, 0.2) is 23.0 Å². The lowest BCUT2D eigenvalue weighted by molar-refractivity contribution is 0.174. The second-order valence-electron chi connectivity index (χ2n) is 7.30. The summed E-state index contributed by atoms with van der Waals surface area (Å²) < 4.78 is 23.5. The van der Waals surface area contributed by atoms with E-state index in [-0.39, 0.29) is 6.79 Å². The number of aryl methyl sites for hydroxylation is 1. The second kappa shape index (κ2) is 8.55. The average molecular weight is 494 g/mol. The zero-order chi connectivity index (χ0) is 22.1. The highest BCUT2D eigenvalue weighted by Crippen LogP contribution is 2.37. The van der Waals surface area contributed by atoms with Crippen LogP contribution in [0.5, 0.6) is 23.0 Å². The topological polar surface area (TPSA) is 74.7 Å². The monoisotopic (exact) mass is 493 g/mol. The molecule has 0 unspecified atom stereocenters. The lowest BCUT2D eigenvalue weighted by Gasteiger charge is -2.15. The molecule has 1 aromatic heterocycles.